The van der Waals surface area contributed by atoms with Gasteiger partial charge in [-0.2, -0.15) is 5.26 Å². The molecule has 1 aliphatic rings. The number of nitriles is 1. The maximum atomic E-state index is 9.10. The first-order chi connectivity index (χ1) is 10.3. The third-order valence-corrected chi connectivity index (χ3v) is 4.13. The van der Waals surface area contributed by atoms with Crippen LogP contribution in [0.3, 0.4) is 0 Å². The molecule has 2 aromatic carbocycles. The number of hydrogen-bond donors (Lipinski definition) is 1. The van der Waals surface area contributed by atoms with Crippen molar-refractivity contribution in [1.29, 1.82) is 5.26 Å². The van der Waals surface area contributed by atoms with Crippen LogP contribution in [0.1, 0.15) is 29.9 Å². The van der Waals surface area contributed by atoms with Gasteiger partial charge < -0.3 is 10.1 Å². The zero-order valence-electron chi connectivity index (χ0n) is 12.0. The number of nitrogens with one attached hydrogen (secondary N) is 1. The van der Waals surface area contributed by atoms with E-state index in [0.717, 1.165) is 24.3 Å². The van der Waals surface area contributed by atoms with Gasteiger partial charge >= 0.3 is 0 Å². The van der Waals surface area contributed by atoms with Crippen LogP contribution >= 0.6 is 0 Å². The summed E-state index contributed by atoms with van der Waals surface area (Å²) in [7, 11) is 1.69. The van der Waals surface area contributed by atoms with Gasteiger partial charge in [-0.25, -0.2) is 0 Å². The third-order valence-electron chi connectivity index (χ3n) is 4.13. The van der Waals surface area contributed by atoms with Crippen molar-refractivity contribution in [3.05, 3.63) is 59.7 Å². The van der Waals surface area contributed by atoms with Crippen LogP contribution in [0, 0.1) is 11.3 Å². The predicted molar refractivity (Wildman–Crippen MR) is 83.5 cm³/mol. The molecule has 0 radical (unpaired) electrons. The summed E-state index contributed by atoms with van der Waals surface area (Å²) in [5, 5.41) is 12.6. The van der Waals surface area contributed by atoms with Crippen LogP contribution in [-0.2, 0) is 0 Å². The van der Waals surface area contributed by atoms with Gasteiger partial charge in [-0.05, 0) is 48.6 Å². The Hall–Kier alpha value is -2.47. The van der Waals surface area contributed by atoms with Crippen LogP contribution in [0.2, 0.25) is 0 Å². The van der Waals surface area contributed by atoms with Crippen molar-refractivity contribution < 1.29 is 4.74 Å². The highest BCUT2D eigenvalue weighted by Crippen LogP contribution is 2.39. The van der Waals surface area contributed by atoms with Gasteiger partial charge in [0.2, 0.25) is 0 Å². The Bertz CT molecular complexity index is 652. The zero-order valence-corrected chi connectivity index (χ0v) is 12.0. The molecule has 1 fully saturated rings. The lowest BCUT2D eigenvalue weighted by Gasteiger charge is -2.37. The van der Waals surface area contributed by atoms with Crippen LogP contribution in [0.25, 0.3) is 0 Å². The molecule has 1 aliphatic carbocycles. The Morgan fingerprint density at radius 2 is 1.81 bits per heavy atom. The third kappa shape index (κ3) is 2.85. The van der Waals surface area contributed by atoms with E-state index in [1.165, 1.54) is 5.56 Å². The number of ether oxygens (including phenoxy) is 1. The fourth-order valence-corrected chi connectivity index (χ4v) is 2.81. The lowest BCUT2D eigenvalue weighted by Crippen LogP contribution is -2.34. The minimum atomic E-state index is 0.451. The number of methoxy groups -OCH3 is 1. The minimum absolute atomic E-state index is 0.451. The smallest absolute Gasteiger partial charge is 0.118 e. The lowest BCUT2D eigenvalue weighted by atomic mass is 9.75. The van der Waals surface area contributed by atoms with Gasteiger partial charge in [0.15, 0.2) is 0 Å². The van der Waals surface area contributed by atoms with Crippen molar-refractivity contribution in [2.45, 2.75) is 24.8 Å². The first kappa shape index (κ1) is 13.5. The summed E-state index contributed by atoms with van der Waals surface area (Å²) in [6.45, 7) is 0. The molecule has 1 saturated carbocycles. The fourth-order valence-electron chi connectivity index (χ4n) is 2.81. The van der Waals surface area contributed by atoms with E-state index < -0.39 is 0 Å². The van der Waals surface area contributed by atoms with E-state index >= 15 is 0 Å². The van der Waals surface area contributed by atoms with Gasteiger partial charge in [0.1, 0.15) is 11.8 Å². The Labute approximate surface area is 125 Å². The van der Waals surface area contributed by atoms with Gasteiger partial charge in [0.25, 0.3) is 0 Å². The van der Waals surface area contributed by atoms with Crippen LogP contribution in [0.15, 0.2) is 48.5 Å². The maximum absolute atomic E-state index is 9.10. The molecule has 3 heteroatoms. The highest BCUT2D eigenvalue weighted by Gasteiger charge is 2.30. The second-order valence-corrected chi connectivity index (χ2v) is 5.44. The van der Waals surface area contributed by atoms with E-state index in [1.807, 2.05) is 36.4 Å². The Balaban J connectivity index is 1.59. The second kappa shape index (κ2) is 5.88. The summed E-state index contributed by atoms with van der Waals surface area (Å²) in [6, 6.07) is 18.7. The molecular weight excluding hydrogens is 260 g/mol. The van der Waals surface area contributed by atoms with E-state index in [0.29, 0.717) is 17.5 Å². The topological polar surface area (TPSA) is 45.0 Å². The van der Waals surface area contributed by atoms with Crippen molar-refractivity contribution in [2.75, 3.05) is 12.4 Å². The summed E-state index contributed by atoms with van der Waals surface area (Å²) in [5.74, 6) is 1.50. The van der Waals surface area contributed by atoms with Gasteiger partial charge in [0, 0.05) is 6.04 Å². The quantitative estimate of drug-likeness (QED) is 0.921. The minimum Gasteiger partial charge on any atom is -0.497 e. The van der Waals surface area contributed by atoms with Crippen molar-refractivity contribution >= 4 is 5.69 Å². The van der Waals surface area contributed by atoms with Crippen LogP contribution in [-0.4, -0.2) is 13.2 Å². The molecule has 0 spiro atoms. The van der Waals surface area contributed by atoms with Crippen LogP contribution in [0.5, 0.6) is 5.75 Å². The molecule has 0 amide bonds. The highest BCUT2D eigenvalue weighted by atomic mass is 16.5. The number of nitrogens with zero attached hydrogens (tertiary/aromatic N) is 1. The molecular formula is C18H18N2O. The average Bonchev–Trinajstić information content (AvgIpc) is 2.51. The summed E-state index contributed by atoms with van der Waals surface area (Å²) < 4.78 is 5.18. The van der Waals surface area contributed by atoms with Crippen LogP contribution in [0.4, 0.5) is 5.69 Å². The molecule has 21 heavy (non-hydrogen) atoms. The fraction of sp³-hybridized carbons (Fsp3) is 0.278. The molecule has 0 unspecified atom stereocenters. The Morgan fingerprint density at radius 1 is 1.10 bits per heavy atom. The molecule has 0 aromatic heterocycles. The summed E-state index contributed by atoms with van der Waals surface area (Å²) in [6.07, 6.45) is 2.21. The van der Waals surface area contributed by atoms with Crippen molar-refractivity contribution in [1.82, 2.24) is 0 Å². The monoisotopic (exact) mass is 278 g/mol. The predicted octanol–water partition coefficient (Wildman–Crippen LogP) is 3.92. The standard InChI is InChI=1S/C18H18N2O/c1-21-17-8-6-13(7-9-17)15-10-16(11-15)20-18-5-3-2-4-14(18)12-19/h2-9,15-16,20H,10-11H2,1H3. The average molecular weight is 278 g/mol. The van der Waals surface area contributed by atoms with E-state index in [-0.39, 0.29) is 0 Å². The molecule has 3 rings (SSSR count). The summed E-state index contributed by atoms with van der Waals surface area (Å²) in [4.78, 5) is 0. The molecule has 2 aromatic rings. The second-order valence-electron chi connectivity index (χ2n) is 5.44. The van der Waals surface area contributed by atoms with E-state index in [1.54, 1.807) is 7.11 Å². The van der Waals surface area contributed by atoms with Gasteiger partial charge in [0.05, 0.1) is 18.4 Å². The number of benzene rings is 2. The molecule has 0 bridgehead atoms. The first-order valence-electron chi connectivity index (χ1n) is 7.20. The first-order valence-corrected chi connectivity index (χ1v) is 7.20. The van der Waals surface area contributed by atoms with Gasteiger partial charge in [-0.3, -0.25) is 0 Å². The van der Waals surface area contributed by atoms with E-state index in [9.17, 15) is 0 Å². The number of hydrogen-bond acceptors (Lipinski definition) is 3. The number of para-hydroxylation sites is 1. The van der Waals surface area contributed by atoms with Gasteiger partial charge in [-0.1, -0.05) is 24.3 Å². The molecule has 0 atom stereocenters. The summed E-state index contributed by atoms with van der Waals surface area (Å²) in [5.41, 5.74) is 3.02. The van der Waals surface area contributed by atoms with Crippen LogP contribution < -0.4 is 10.1 Å². The normalized spacial score (nSPS) is 20.2. The van der Waals surface area contributed by atoms with Gasteiger partial charge in [-0.15, -0.1) is 0 Å². The van der Waals surface area contributed by atoms with E-state index in [2.05, 4.69) is 23.5 Å². The number of anilines is 1. The maximum Gasteiger partial charge on any atom is 0.118 e. The van der Waals surface area contributed by atoms with Crippen molar-refractivity contribution in [2.24, 2.45) is 0 Å². The van der Waals surface area contributed by atoms with E-state index in [4.69, 9.17) is 10.00 Å². The Morgan fingerprint density at radius 3 is 2.48 bits per heavy atom. The zero-order chi connectivity index (χ0) is 14.7. The molecule has 106 valence electrons. The Kier molecular flexibility index (Phi) is 3.79. The molecule has 0 saturated heterocycles. The molecule has 0 aliphatic heterocycles. The van der Waals surface area contributed by atoms with Crippen molar-refractivity contribution in [3.63, 3.8) is 0 Å². The molecule has 1 N–H and O–H groups in total. The molecule has 3 nitrogen and oxygen atoms in total. The number of rotatable bonds is 4. The highest BCUT2D eigenvalue weighted by molar-refractivity contribution is 5.58. The SMILES string of the molecule is COc1ccc(C2CC(Nc3ccccc3C#N)C2)cc1. The lowest BCUT2D eigenvalue weighted by molar-refractivity contribution is 0.373. The summed E-state index contributed by atoms with van der Waals surface area (Å²) >= 11 is 0. The largest absolute Gasteiger partial charge is 0.497 e. The van der Waals surface area contributed by atoms with Crippen molar-refractivity contribution in [3.8, 4) is 11.8 Å². The molecule has 0 heterocycles.